The highest BCUT2D eigenvalue weighted by Crippen LogP contribution is 2.32. The molecule has 0 atom stereocenters. The summed E-state index contributed by atoms with van der Waals surface area (Å²) in [4.78, 5) is 11.1. The smallest absolute Gasteiger partial charge is 0.188 e. The van der Waals surface area contributed by atoms with Crippen LogP contribution < -0.4 is 0 Å². The summed E-state index contributed by atoms with van der Waals surface area (Å²) in [5, 5.41) is 7.68. The van der Waals surface area contributed by atoms with Gasteiger partial charge in [-0.2, -0.15) is 10.2 Å². The van der Waals surface area contributed by atoms with Crippen LogP contribution in [0.3, 0.4) is 0 Å². The van der Waals surface area contributed by atoms with E-state index in [4.69, 9.17) is 0 Å². The third-order valence-corrected chi connectivity index (χ3v) is 1.93. The second-order valence-electron chi connectivity index (χ2n) is 3.54. The molecule has 0 bridgehead atoms. The van der Waals surface area contributed by atoms with Crippen LogP contribution in [-0.4, -0.2) is 11.4 Å². The van der Waals surface area contributed by atoms with Gasteiger partial charge in [0.25, 0.3) is 0 Å². The Morgan fingerprint density at radius 1 is 1.45 bits per heavy atom. The molecule has 0 aromatic rings. The van der Waals surface area contributed by atoms with Gasteiger partial charge >= 0.3 is 0 Å². The first kappa shape index (κ1) is 8.37. The van der Waals surface area contributed by atoms with E-state index in [2.05, 4.69) is 10.2 Å². The zero-order valence-electron chi connectivity index (χ0n) is 7.29. The number of hydrogen-bond acceptors (Lipinski definition) is 3. The van der Waals surface area contributed by atoms with Crippen LogP contribution in [0.1, 0.15) is 33.6 Å². The zero-order valence-corrected chi connectivity index (χ0v) is 7.29. The number of rotatable bonds is 4. The molecule has 0 fully saturated rings. The second-order valence-corrected chi connectivity index (χ2v) is 3.54. The van der Waals surface area contributed by atoms with Gasteiger partial charge in [0.1, 0.15) is 5.78 Å². The summed E-state index contributed by atoms with van der Waals surface area (Å²) in [5.74, 6) is 0.459. The highest BCUT2D eigenvalue weighted by Gasteiger charge is 2.33. The van der Waals surface area contributed by atoms with Gasteiger partial charge in [0.15, 0.2) is 5.66 Å². The Hall–Kier alpha value is -0.730. The standard InChI is InChI=1S/C8H14N2O/c1-6(2)7(11)4-5-8(3)9-10-8/h6H,4-5H2,1-3H3. The quantitative estimate of drug-likeness (QED) is 0.611. The number of carbonyl (C=O) groups excluding carboxylic acids is 1. The SMILES string of the molecule is CC(C)C(=O)CCC1(C)N=N1. The summed E-state index contributed by atoms with van der Waals surface area (Å²) >= 11 is 0. The number of carbonyl (C=O) groups is 1. The minimum absolute atomic E-state index is 0.150. The van der Waals surface area contributed by atoms with Crippen molar-refractivity contribution in [3.8, 4) is 0 Å². The van der Waals surface area contributed by atoms with E-state index in [1.807, 2.05) is 20.8 Å². The molecule has 0 radical (unpaired) electrons. The van der Waals surface area contributed by atoms with Gasteiger partial charge in [0.2, 0.25) is 0 Å². The van der Waals surface area contributed by atoms with Gasteiger partial charge in [0, 0.05) is 18.8 Å². The molecule has 62 valence electrons. The summed E-state index contributed by atoms with van der Waals surface area (Å²) in [6, 6.07) is 0. The van der Waals surface area contributed by atoms with Crippen molar-refractivity contribution in [1.82, 2.24) is 0 Å². The Labute approximate surface area is 66.9 Å². The molecule has 0 spiro atoms. The summed E-state index contributed by atoms with van der Waals surface area (Å²) in [6.07, 6.45) is 1.39. The number of ketones is 1. The average molecular weight is 154 g/mol. The molecular formula is C8H14N2O. The lowest BCUT2D eigenvalue weighted by atomic mass is 10.0. The van der Waals surface area contributed by atoms with Gasteiger partial charge in [-0.15, -0.1) is 0 Å². The van der Waals surface area contributed by atoms with E-state index >= 15 is 0 Å². The second kappa shape index (κ2) is 2.72. The molecule has 0 unspecified atom stereocenters. The molecule has 0 saturated heterocycles. The fourth-order valence-corrected chi connectivity index (χ4v) is 0.834. The maximum Gasteiger partial charge on any atom is 0.188 e. The molecule has 11 heavy (non-hydrogen) atoms. The third-order valence-electron chi connectivity index (χ3n) is 1.93. The Bertz CT molecular complexity index is 190. The molecule has 1 aliphatic heterocycles. The summed E-state index contributed by atoms with van der Waals surface area (Å²) < 4.78 is 0. The average Bonchev–Trinajstić information content (AvgIpc) is 2.64. The van der Waals surface area contributed by atoms with Gasteiger partial charge in [-0.1, -0.05) is 13.8 Å². The van der Waals surface area contributed by atoms with E-state index < -0.39 is 0 Å². The van der Waals surface area contributed by atoms with Crippen LogP contribution in [0.15, 0.2) is 10.2 Å². The van der Waals surface area contributed by atoms with Crippen LogP contribution in [0, 0.1) is 5.92 Å². The summed E-state index contributed by atoms with van der Waals surface area (Å²) in [5.41, 5.74) is -0.204. The normalized spacial score (nSPS) is 18.9. The van der Waals surface area contributed by atoms with Crippen molar-refractivity contribution in [3.63, 3.8) is 0 Å². The molecule has 1 rings (SSSR count). The van der Waals surface area contributed by atoms with Crippen molar-refractivity contribution in [2.75, 3.05) is 0 Å². The molecule has 1 aliphatic rings. The van der Waals surface area contributed by atoms with Gasteiger partial charge in [-0.05, 0) is 6.92 Å². The molecule has 0 aliphatic carbocycles. The Balaban J connectivity index is 2.17. The fraction of sp³-hybridized carbons (Fsp3) is 0.875. The Kier molecular flexibility index (Phi) is 2.07. The van der Waals surface area contributed by atoms with E-state index in [9.17, 15) is 4.79 Å². The monoisotopic (exact) mass is 154 g/mol. The predicted octanol–water partition coefficient (Wildman–Crippen LogP) is 2.17. The first-order valence-corrected chi connectivity index (χ1v) is 4.00. The molecule has 0 saturated carbocycles. The molecule has 0 aromatic carbocycles. The lowest BCUT2D eigenvalue weighted by Crippen LogP contribution is -2.12. The van der Waals surface area contributed by atoms with Gasteiger partial charge in [0.05, 0.1) is 0 Å². The molecule has 3 heteroatoms. The molecule has 0 N–H and O–H groups in total. The van der Waals surface area contributed by atoms with Crippen molar-refractivity contribution in [2.24, 2.45) is 16.1 Å². The maximum atomic E-state index is 11.1. The first-order chi connectivity index (χ1) is 5.03. The minimum atomic E-state index is -0.204. The van der Waals surface area contributed by atoms with Crippen LogP contribution in [0.4, 0.5) is 0 Å². The van der Waals surface area contributed by atoms with Crippen LogP contribution in [-0.2, 0) is 4.79 Å². The van der Waals surface area contributed by atoms with E-state index in [0.717, 1.165) is 6.42 Å². The van der Waals surface area contributed by atoms with Crippen molar-refractivity contribution in [3.05, 3.63) is 0 Å². The van der Waals surface area contributed by atoms with Gasteiger partial charge in [-0.3, -0.25) is 4.79 Å². The lowest BCUT2D eigenvalue weighted by molar-refractivity contribution is -0.122. The third kappa shape index (κ3) is 2.41. The summed E-state index contributed by atoms with van der Waals surface area (Å²) in [7, 11) is 0. The van der Waals surface area contributed by atoms with Crippen LogP contribution in [0.25, 0.3) is 0 Å². The first-order valence-electron chi connectivity index (χ1n) is 4.00. The summed E-state index contributed by atoms with van der Waals surface area (Å²) in [6.45, 7) is 5.79. The highest BCUT2D eigenvalue weighted by atomic mass is 16.1. The number of Topliss-reactive ketones (excluding diaryl/α,β-unsaturated/α-hetero) is 1. The van der Waals surface area contributed by atoms with Crippen LogP contribution in [0.5, 0.6) is 0 Å². The fourth-order valence-electron chi connectivity index (χ4n) is 0.834. The molecule has 0 aromatic heterocycles. The van der Waals surface area contributed by atoms with Gasteiger partial charge < -0.3 is 0 Å². The molecule has 1 heterocycles. The highest BCUT2D eigenvalue weighted by molar-refractivity contribution is 5.80. The lowest BCUT2D eigenvalue weighted by Gasteiger charge is -2.04. The zero-order chi connectivity index (χ0) is 8.48. The Morgan fingerprint density at radius 2 is 2.00 bits per heavy atom. The van der Waals surface area contributed by atoms with Crippen molar-refractivity contribution < 1.29 is 4.79 Å². The van der Waals surface area contributed by atoms with Crippen molar-refractivity contribution in [2.45, 2.75) is 39.3 Å². The molecular weight excluding hydrogens is 140 g/mol. The van der Waals surface area contributed by atoms with Crippen molar-refractivity contribution >= 4 is 5.78 Å². The van der Waals surface area contributed by atoms with E-state index in [1.165, 1.54) is 0 Å². The number of hydrogen-bond donors (Lipinski definition) is 0. The van der Waals surface area contributed by atoms with Gasteiger partial charge in [-0.25, -0.2) is 0 Å². The van der Waals surface area contributed by atoms with E-state index in [1.54, 1.807) is 0 Å². The Morgan fingerprint density at radius 3 is 2.36 bits per heavy atom. The minimum Gasteiger partial charge on any atom is -0.299 e. The molecule has 0 amide bonds. The topological polar surface area (TPSA) is 41.8 Å². The van der Waals surface area contributed by atoms with Crippen LogP contribution in [0.2, 0.25) is 0 Å². The predicted molar refractivity (Wildman–Crippen MR) is 42.3 cm³/mol. The molecule has 3 nitrogen and oxygen atoms in total. The van der Waals surface area contributed by atoms with Crippen LogP contribution >= 0.6 is 0 Å². The maximum absolute atomic E-state index is 11.1. The largest absolute Gasteiger partial charge is 0.299 e. The van der Waals surface area contributed by atoms with Crippen molar-refractivity contribution in [1.29, 1.82) is 0 Å². The van der Waals surface area contributed by atoms with E-state index in [-0.39, 0.29) is 11.6 Å². The van der Waals surface area contributed by atoms with E-state index in [0.29, 0.717) is 12.2 Å². The number of nitrogens with zero attached hydrogens (tertiary/aromatic N) is 2.